The summed E-state index contributed by atoms with van der Waals surface area (Å²) in [6.07, 6.45) is 3.01. The summed E-state index contributed by atoms with van der Waals surface area (Å²) in [6.45, 7) is 6.98. The van der Waals surface area contributed by atoms with Crippen LogP contribution in [-0.2, 0) is 13.1 Å². The lowest BCUT2D eigenvalue weighted by Crippen LogP contribution is -2.27. The van der Waals surface area contributed by atoms with E-state index in [1.54, 1.807) is 0 Å². The molecule has 0 unspecified atom stereocenters. The molecule has 0 fully saturated rings. The van der Waals surface area contributed by atoms with Crippen LogP contribution in [0, 0.1) is 0 Å². The summed E-state index contributed by atoms with van der Waals surface area (Å²) in [6, 6.07) is 4.12. The van der Waals surface area contributed by atoms with Crippen molar-refractivity contribution in [1.29, 1.82) is 0 Å². The summed E-state index contributed by atoms with van der Waals surface area (Å²) in [4.78, 5) is 9.00. The molecule has 1 aromatic heterocycles. The van der Waals surface area contributed by atoms with E-state index >= 15 is 0 Å². The van der Waals surface area contributed by atoms with Crippen molar-refractivity contribution in [2.75, 3.05) is 33.7 Å². The van der Waals surface area contributed by atoms with Crippen molar-refractivity contribution in [3.05, 3.63) is 29.6 Å². The molecule has 0 aliphatic heterocycles. The number of hydrogen-bond acceptors (Lipinski definition) is 4. The molecule has 18 heavy (non-hydrogen) atoms. The van der Waals surface area contributed by atoms with E-state index in [-0.39, 0.29) is 0 Å². The Kier molecular flexibility index (Phi) is 6.86. The largest absolute Gasteiger partial charge is 0.325 e. The number of hydrogen-bond donors (Lipinski definition) is 1. The first-order chi connectivity index (χ1) is 8.67. The predicted molar refractivity (Wildman–Crippen MR) is 76.3 cm³/mol. The van der Waals surface area contributed by atoms with Gasteiger partial charge in [-0.25, -0.2) is 0 Å². The topological polar surface area (TPSA) is 45.4 Å². The molecule has 1 heterocycles. The Labute approximate surface area is 111 Å². The summed E-state index contributed by atoms with van der Waals surface area (Å²) in [5.74, 6) is 0. The van der Waals surface area contributed by atoms with Crippen molar-refractivity contribution in [1.82, 2.24) is 14.8 Å². The van der Waals surface area contributed by atoms with E-state index in [1.165, 1.54) is 12.0 Å². The van der Waals surface area contributed by atoms with Crippen LogP contribution in [0.25, 0.3) is 0 Å². The van der Waals surface area contributed by atoms with Gasteiger partial charge in [-0.15, -0.1) is 0 Å². The van der Waals surface area contributed by atoms with Crippen molar-refractivity contribution >= 4 is 0 Å². The molecule has 4 heteroatoms. The fraction of sp³-hybridized carbons (Fsp3) is 0.643. The van der Waals surface area contributed by atoms with Crippen LogP contribution in [0.1, 0.15) is 24.6 Å². The first-order valence-corrected chi connectivity index (χ1v) is 6.67. The van der Waals surface area contributed by atoms with Gasteiger partial charge in [0.05, 0.1) is 5.69 Å². The molecular weight excluding hydrogens is 224 g/mol. The van der Waals surface area contributed by atoms with Crippen molar-refractivity contribution in [2.24, 2.45) is 5.73 Å². The van der Waals surface area contributed by atoms with Crippen molar-refractivity contribution < 1.29 is 0 Å². The van der Waals surface area contributed by atoms with E-state index in [2.05, 4.69) is 41.9 Å². The number of rotatable bonds is 8. The molecule has 0 aromatic carbocycles. The van der Waals surface area contributed by atoms with Crippen molar-refractivity contribution in [2.45, 2.75) is 26.4 Å². The molecule has 102 valence electrons. The minimum atomic E-state index is 0.519. The van der Waals surface area contributed by atoms with Crippen LogP contribution in [0.3, 0.4) is 0 Å². The van der Waals surface area contributed by atoms with Crippen molar-refractivity contribution in [3.8, 4) is 0 Å². The van der Waals surface area contributed by atoms with E-state index in [0.717, 1.165) is 31.9 Å². The zero-order valence-electron chi connectivity index (χ0n) is 11.9. The van der Waals surface area contributed by atoms with Crippen molar-refractivity contribution in [3.63, 3.8) is 0 Å². The van der Waals surface area contributed by atoms with E-state index in [4.69, 9.17) is 5.73 Å². The Morgan fingerprint density at radius 2 is 2.06 bits per heavy atom. The van der Waals surface area contributed by atoms with Gasteiger partial charge in [-0.3, -0.25) is 9.88 Å². The fourth-order valence-corrected chi connectivity index (χ4v) is 2.00. The van der Waals surface area contributed by atoms with Gasteiger partial charge in [-0.1, -0.05) is 13.0 Å². The van der Waals surface area contributed by atoms with Crippen LogP contribution in [-0.4, -0.2) is 48.5 Å². The van der Waals surface area contributed by atoms with E-state index in [0.29, 0.717) is 6.54 Å². The highest BCUT2D eigenvalue weighted by Crippen LogP contribution is 2.09. The first-order valence-electron chi connectivity index (χ1n) is 6.67. The van der Waals surface area contributed by atoms with Crippen LogP contribution < -0.4 is 5.73 Å². The number of aromatic nitrogens is 1. The molecule has 0 radical (unpaired) electrons. The lowest BCUT2D eigenvalue weighted by atomic mass is 10.1. The van der Waals surface area contributed by atoms with Crippen LogP contribution >= 0.6 is 0 Å². The molecule has 0 saturated heterocycles. The standard InChI is InChI=1S/C14H26N4/c1-4-18(10-6-9-17(2)3)12-13-7-5-8-16-14(13)11-15/h5,7-8H,4,6,9-12,15H2,1-3H3. The number of nitrogens with two attached hydrogens (primary N) is 1. The first kappa shape index (κ1) is 15.1. The van der Waals surface area contributed by atoms with Gasteiger partial charge in [0, 0.05) is 19.3 Å². The third-order valence-electron chi connectivity index (χ3n) is 3.10. The minimum Gasteiger partial charge on any atom is -0.325 e. The summed E-state index contributed by atoms with van der Waals surface area (Å²) in [5.41, 5.74) is 7.99. The van der Waals surface area contributed by atoms with Crippen LogP contribution in [0.2, 0.25) is 0 Å². The van der Waals surface area contributed by atoms with Gasteiger partial charge in [0.15, 0.2) is 0 Å². The summed E-state index contributed by atoms with van der Waals surface area (Å²) >= 11 is 0. The second kappa shape index (κ2) is 8.19. The van der Waals surface area contributed by atoms with Crippen LogP contribution in [0.5, 0.6) is 0 Å². The Balaban J connectivity index is 2.51. The number of pyridine rings is 1. The Bertz CT molecular complexity index is 338. The molecule has 1 rings (SSSR count). The number of nitrogens with zero attached hydrogens (tertiary/aromatic N) is 3. The Hall–Kier alpha value is -0.970. The second-order valence-electron chi connectivity index (χ2n) is 4.84. The quantitative estimate of drug-likeness (QED) is 0.756. The molecule has 0 aliphatic carbocycles. The highest BCUT2D eigenvalue weighted by molar-refractivity contribution is 5.19. The minimum absolute atomic E-state index is 0.519. The SMILES string of the molecule is CCN(CCCN(C)C)Cc1cccnc1CN. The zero-order valence-corrected chi connectivity index (χ0v) is 11.9. The van der Waals surface area contributed by atoms with Crippen LogP contribution in [0.15, 0.2) is 18.3 Å². The molecule has 2 N–H and O–H groups in total. The van der Waals surface area contributed by atoms with E-state index in [1.807, 2.05) is 12.3 Å². The van der Waals surface area contributed by atoms with E-state index in [9.17, 15) is 0 Å². The highest BCUT2D eigenvalue weighted by Gasteiger charge is 2.07. The summed E-state index contributed by atoms with van der Waals surface area (Å²) < 4.78 is 0. The monoisotopic (exact) mass is 250 g/mol. The Morgan fingerprint density at radius 1 is 1.28 bits per heavy atom. The lowest BCUT2D eigenvalue weighted by Gasteiger charge is -2.22. The molecular formula is C14H26N4. The second-order valence-corrected chi connectivity index (χ2v) is 4.84. The van der Waals surface area contributed by atoms with Gasteiger partial charge in [-0.05, 0) is 51.8 Å². The third-order valence-corrected chi connectivity index (χ3v) is 3.10. The van der Waals surface area contributed by atoms with Crippen LogP contribution in [0.4, 0.5) is 0 Å². The average Bonchev–Trinajstić information content (AvgIpc) is 2.37. The maximum atomic E-state index is 5.72. The predicted octanol–water partition coefficient (Wildman–Crippen LogP) is 1.31. The van der Waals surface area contributed by atoms with Gasteiger partial charge in [0.1, 0.15) is 0 Å². The van der Waals surface area contributed by atoms with Gasteiger partial charge < -0.3 is 10.6 Å². The maximum absolute atomic E-state index is 5.72. The molecule has 0 saturated carbocycles. The lowest BCUT2D eigenvalue weighted by molar-refractivity contribution is 0.258. The van der Waals surface area contributed by atoms with Gasteiger partial charge in [0.25, 0.3) is 0 Å². The average molecular weight is 250 g/mol. The fourth-order valence-electron chi connectivity index (χ4n) is 2.00. The zero-order chi connectivity index (χ0) is 13.4. The normalized spacial score (nSPS) is 11.4. The molecule has 0 aliphatic rings. The molecule has 0 atom stereocenters. The molecule has 0 bridgehead atoms. The summed E-state index contributed by atoms with van der Waals surface area (Å²) in [7, 11) is 4.23. The molecule has 0 amide bonds. The van der Waals surface area contributed by atoms with Gasteiger partial charge >= 0.3 is 0 Å². The molecule has 4 nitrogen and oxygen atoms in total. The maximum Gasteiger partial charge on any atom is 0.0584 e. The van der Waals surface area contributed by atoms with Gasteiger partial charge in [-0.2, -0.15) is 0 Å². The summed E-state index contributed by atoms with van der Waals surface area (Å²) in [5, 5.41) is 0. The van der Waals surface area contributed by atoms with Gasteiger partial charge in [0.2, 0.25) is 0 Å². The third kappa shape index (κ3) is 5.12. The smallest absolute Gasteiger partial charge is 0.0584 e. The highest BCUT2D eigenvalue weighted by atomic mass is 15.1. The molecule has 1 aromatic rings. The molecule has 0 spiro atoms. The van der Waals surface area contributed by atoms with E-state index < -0.39 is 0 Å². The Morgan fingerprint density at radius 3 is 2.67 bits per heavy atom.